The summed E-state index contributed by atoms with van der Waals surface area (Å²) in [6.45, 7) is 3.70. The summed E-state index contributed by atoms with van der Waals surface area (Å²) >= 11 is 0. The SMILES string of the molecule is Cc1cc(C)c(=O)n(-c2ccc(F)cc2)c1. The van der Waals surface area contributed by atoms with Gasteiger partial charge in [-0.3, -0.25) is 9.36 Å². The lowest BCUT2D eigenvalue weighted by Crippen LogP contribution is -2.20. The van der Waals surface area contributed by atoms with E-state index in [9.17, 15) is 9.18 Å². The van der Waals surface area contributed by atoms with E-state index in [4.69, 9.17) is 0 Å². The minimum Gasteiger partial charge on any atom is -0.284 e. The highest BCUT2D eigenvalue weighted by molar-refractivity contribution is 5.34. The van der Waals surface area contributed by atoms with Crippen molar-refractivity contribution in [3.63, 3.8) is 0 Å². The normalized spacial score (nSPS) is 10.4. The number of hydrogen-bond acceptors (Lipinski definition) is 1. The Kier molecular flexibility index (Phi) is 2.60. The van der Waals surface area contributed by atoms with E-state index < -0.39 is 0 Å². The summed E-state index contributed by atoms with van der Waals surface area (Å²) in [7, 11) is 0. The highest BCUT2D eigenvalue weighted by Crippen LogP contribution is 2.08. The largest absolute Gasteiger partial charge is 0.284 e. The Bertz CT molecular complexity index is 569. The van der Waals surface area contributed by atoms with Gasteiger partial charge in [-0.1, -0.05) is 0 Å². The van der Waals surface area contributed by atoms with Crippen molar-refractivity contribution in [3.05, 3.63) is 63.8 Å². The van der Waals surface area contributed by atoms with E-state index in [1.165, 1.54) is 16.7 Å². The van der Waals surface area contributed by atoms with Gasteiger partial charge >= 0.3 is 0 Å². The number of aryl methyl sites for hydroxylation is 2. The summed E-state index contributed by atoms with van der Waals surface area (Å²) in [5.41, 5.74) is 2.29. The molecule has 0 radical (unpaired) electrons. The average molecular weight is 217 g/mol. The van der Waals surface area contributed by atoms with Crippen LogP contribution in [0, 0.1) is 19.7 Å². The second-order valence-corrected chi connectivity index (χ2v) is 3.85. The van der Waals surface area contributed by atoms with Crippen molar-refractivity contribution in [1.29, 1.82) is 0 Å². The summed E-state index contributed by atoms with van der Waals surface area (Å²) in [6.07, 6.45) is 1.75. The van der Waals surface area contributed by atoms with Crippen LogP contribution in [0.2, 0.25) is 0 Å². The van der Waals surface area contributed by atoms with Gasteiger partial charge < -0.3 is 0 Å². The molecule has 0 bridgehead atoms. The third kappa shape index (κ3) is 1.89. The Morgan fingerprint density at radius 2 is 1.75 bits per heavy atom. The summed E-state index contributed by atoms with van der Waals surface area (Å²) < 4.78 is 14.3. The molecule has 0 amide bonds. The zero-order valence-corrected chi connectivity index (χ0v) is 9.20. The minimum atomic E-state index is -0.304. The lowest BCUT2D eigenvalue weighted by molar-refractivity contribution is 0.627. The maximum atomic E-state index is 12.8. The number of halogens is 1. The zero-order chi connectivity index (χ0) is 11.7. The monoisotopic (exact) mass is 217 g/mol. The van der Waals surface area contributed by atoms with Crippen LogP contribution in [0.25, 0.3) is 5.69 Å². The Balaban J connectivity index is 2.64. The molecule has 0 N–H and O–H groups in total. The standard InChI is InChI=1S/C13H12FNO/c1-9-7-10(2)13(16)15(8-9)12-5-3-11(14)4-6-12/h3-8H,1-2H3. The van der Waals surface area contributed by atoms with Crippen LogP contribution < -0.4 is 5.56 Å². The van der Waals surface area contributed by atoms with E-state index in [1.807, 2.05) is 13.0 Å². The van der Waals surface area contributed by atoms with Gasteiger partial charge in [0.25, 0.3) is 5.56 Å². The highest BCUT2D eigenvalue weighted by atomic mass is 19.1. The number of rotatable bonds is 1. The molecule has 0 aliphatic carbocycles. The summed E-state index contributed by atoms with van der Waals surface area (Å²) in [5, 5.41) is 0. The van der Waals surface area contributed by atoms with E-state index in [1.54, 1.807) is 25.3 Å². The van der Waals surface area contributed by atoms with Crippen molar-refractivity contribution in [2.45, 2.75) is 13.8 Å². The van der Waals surface area contributed by atoms with Gasteiger partial charge in [-0.2, -0.15) is 0 Å². The number of hydrogen-bond donors (Lipinski definition) is 0. The molecule has 0 fully saturated rings. The van der Waals surface area contributed by atoms with E-state index >= 15 is 0 Å². The van der Waals surface area contributed by atoms with E-state index in [0.29, 0.717) is 11.3 Å². The van der Waals surface area contributed by atoms with Gasteiger partial charge in [-0.25, -0.2) is 4.39 Å². The van der Waals surface area contributed by atoms with Gasteiger partial charge in [0, 0.05) is 17.4 Å². The van der Waals surface area contributed by atoms with Gasteiger partial charge in [-0.15, -0.1) is 0 Å². The van der Waals surface area contributed by atoms with E-state index in [0.717, 1.165) is 5.56 Å². The molecule has 0 saturated heterocycles. The lowest BCUT2D eigenvalue weighted by Gasteiger charge is -2.08. The fraction of sp³-hybridized carbons (Fsp3) is 0.154. The molecular weight excluding hydrogens is 205 g/mol. The Hall–Kier alpha value is -1.90. The van der Waals surface area contributed by atoms with Crippen molar-refractivity contribution in [2.24, 2.45) is 0 Å². The molecule has 1 heterocycles. The number of pyridine rings is 1. The molecule has 3 heteroatoms. The van der Waals surface area contributed by atoms with Gasteiger partial charge in [0.2, 0.25) is 0 Å². The predicted octanol–water partition coefficient (Wildman–Crippen LogP) is 2.59. The van der Waals surface area contributed by atoms with Crippen LogP contribution in [-0.4, -0.2) is 4.57 Å². The summed E-state index contributed by atoms with van der Waals surface area (Å²) in [6, 6.07) is 7.71. The van der Waals surface area contributed by atoms with Crippen LogP contribution in [0.5, 0.6) is 0 Å². The molecule has 1 aromatic heterocycles. The molecule has 2 aromatic rings. The van der Waals surface area contributed by atoms with Gasteiger partial charge in [0.1, 0.15) is 5.82 Å². The minimum absolute atomic E-state index is 0.0720. The molecule has 0 atom stereocenters. The van der Waals surface area contributed by atoms with Crippen molar-refractivity contribution in [3.8, 4) is 5.69 Å². The molecular formula is C13H12FNO. The third-order valence-corrected chi connectivity index (χ3v) is 2.44. The summed E-state index contributed by atoms with van der Waals surface area (Å²) in [5.74, 6) is -0.304. The molecule has 0 saturated carbocycles. The molecule has 2 nitrogen and oxygen atoms in total. The van der Waals surface area contributed by atoms with Crippen LogP contribution in [0.3, 0.4) is 0 Å². The molecule has 0 spiro atoms. The second kappa shape index (κ2) is 3.93. The van der Waals surface area contributed by atoms with Crippen LogP contribution in [0.4, 0.5) is 4.39 Å². The quantitative estimate of drug-likeness (QED) is 0.719. The van der Waals surface area contributed by atoms with E-state index in [-0.39, 0.29) is 11.4 Å². The first kappa shape index (κ1) is 10.6. The van der Waals surface area contributed by atoms with Crippen molar-refractivity contribution in [2.75, 3.05) is 0 Å². The molecule has 16 heavy (non-hydrogen) atoms. The highest BCUT2D eigenvalue weighted by Gasteiger charge is 2.03. The first-order valence-electron chi connectivity index (χ1n) is 5.04. The lowest BCUT2D eigenvalue weighted by atomic mass is 10.2. The molecule has 0 aliphatic rings. The summed E-state index contributed by atoms with van der Waals surface area (Å²) in [4.78, 5) is 11.9. The van der Waals surface area contributed by atoms with Crippen molar-refractivity contribution >= 4 is 0 Å². The molecule has 1 aromatic carbocycles. The second-order valence-electron chi connectivity index (χ2n) is 3.85. The number of benzene rings is 1. The first-order valence-corrected chi connectivity index (χ1v) is 5.04. The molecule has 0 unspecified atom stereocenters. The first-order chi connectivity index (χ1) is 7.58. The van der Waals surface area contributed by atoms with Gasteiger partial charge in [0.15, 0.2) is 0 Å². The predicted molar refractivity (Wildman–Crippen MR) is 61.5 cm³/mol. The molecule has 2 rings (SSSR count). The number of nitrogens with zero attached hydrogens (tertiary/aromatic N) is 1. The zero-order valence-electron chi connectivity index (χ0n) is 9.20. The fourth-order valence-electron chi connectivity index (χ4n) is 1.69. The Labute approximate surface area is 93.0 Å². The van der Waals surface area contributed by atoms with Gasteiger partial charge in [-0.05, 0) is 49.7 Å². The average Bonchev–Trinajstić information content (AvgIpc) is 2.25. The molecule has 82 valence electrons. The van der Waals surface area contributed by atoms with Crippen molar-refractivity contribution in [1.82, 2.24) is 4.57 Å². The van der Waals surface area contributed by atoms with Crippen molar-refractivity contribution < 1.29 is 4.39 Å². The maximum absolute atomic E-state index is 12.8. The van der Waals surface area contributed by atoms with E-state index in [2.05, 4.69) is 0 Å². The maximum Gasteiger partial charge on any atom is 0.257 e. The van der Waals surface area contributed by atoms with Crippen LogP contribution in [0.15, 0.2) is 41.3 Å². The third-order valence-electron chi connectivity index (χ3n) is 2.44. The van der Waals surface area contributed by atoms with Crippen LogP contribution in [-0.2, 0) is 0 Å². The topological polar surface area (TPSA) is 22.0 Å². The smallest absolute Gasteiger partial charge is 0.257 e. The molecule has 0 aliphatic heterocycles. The fourth-order valence-corrected chi connectivity index (χ4v) is 1.69. The van der Waals surface area contributed by atoms with Crippen LogP contribution >= 0.6 is 0 Å². The van der Waals surface area contributed by atoms with Gasteiger partial charge in [0.05, 0.1) is 0 Å². The Morgan fingerprint density at radius 1 is 1.12 bits per heavy atom. The van der Waals surface area contributed by atoms with Crippen LogP contribution in [0.1, 0.15) is 11.1 Å². The number of aromatic nitrogens is 1. The Morgan fingerprint density at radius 3 is 2.38 bits per heavy atom.